The Balaban J connectivity index is 1.62. The van der Waals surface area contributed by atoms with Crippen LogP contribution in [-0.2, 0) is 0 Å². The third kappa shape index (κ3) is 1.67. The highest BCUT2D eigenvalue weighted by Crippen LogP contribution is 2.61. The molecule has 0 bridgehead atoms. The number of rotatable bonds is 0. The van der Waals surface area contributed by atoms with Crippen LogP contribution < -0.4 is 0 Å². The van der Waals surface area contributed by atoms with Crippen molar-refractivity contribution in [1.82, 2.24) is 0 Å². The lowest BCUT2D eigenvalue weighted by atomic mass is 9.52. The molecule has 3 fully saturated rings. The highest BCUT2D eigenvalue weighted by Gasteiger charge is 2.55. The van der Waals surface area contributed by atoms with Gasteiger partial charge in [0, 0.05) is 0 Å². The Hall–Kier alpha value is -0.760. The Morgan fingerprint density at radius 3 is 2.85 bits per heavy atom. The summed E-state index contributed by atoms with van der Waals surface area (Å²) in [5, 5.41) is 20.1. The normalized spacial score (nSPS) is 50.6. The van der Waals surface area contributed by atoms with Crippen molar-refractivity contribution >= 4 is 0 Å². The largest absolute Gasteiger partial charge is 0.508 e. The second kappa shape index (κ2) is 4.37. The molecular weight excluding hydrogens is 248 g/mol. The van der Waals surface area contributed by atoms with E-state index in [4.69, 9.17) is 0 Å². The Morgan fingerprint density at radius 2 is 2.00 bits per heavy atom. The summed E-state index contributed by atoms with van der Waals surface area (Å²) >= 11 is 0. The van der Waals surface area contributed by atoms with Gasteiger partial charge in [0.05, 0.1) is 6.10 Å². The molecule has 0 saturated heterocycles. The molecule has 110 valence electrons. The smallest absolute Gasteiger partial charge is 0.111 e. The Labute approximate surface area is 121 Å². The Morgan fingerprint density at radius 1 is 1.15 bits per heavy atom. The summed E-state index contributed by atoms with van der Waals surface area (Å²) in [4.78, 5) is 0. The van der Waals surface area contributed by atoms with Crippen LogP contribution in [0.5, 0.6) is 0 Å². The van der Waals surface area contributed by atoms with E-state index in [1.54, 1.807) is 0 Å². The quantitative estimate of drug-likeness (QED) is 0.701. The van der Waals surface area contributed by atoms with Crippen molar-refractivity contribution in [2.45, 2.75) is 58.0 Å². The van der Waals surface area contributed by atoms with Crippen LogP contribution in [-0.4, -0.2) is 16.3 Å². The molecule has 0 aromatic carbocycles. The van der Waals surface area contributed by atoms with Crippen molar-refractivity contribution < 1.29 is 10.2 Å². The van der Waals surface area contributed by atoms with Crippen molar-refractivity contribution in [1.29, 1.82) is 0 Å². The summed E-state index contributed by atoms with van der Waals surface area (Å²) in [6, 6.07) is 0. The van der Waals surface area contributed by atoms with Crippen molar-refractivity contribution in [3.05, 3.63) is 23.5 Å². The average Bonchev–Trinajstić information content (AvgIpc) is 2.74. The summed E-state index contributed by atoms with van der Waals surface area (Å²) < 4.78 is 0. The first kappa shape index (κ1) is 12.9. The number of aliphatic hydroxyl groups excluding tert-OH is 2. The first-order valence-electron chi connectivity index (χ1n) is 8.37. The van der Waals surface area contributed by atoms with Crippen LogP contribution in [0.4, 0.5) is 0 Å². The fraction of sp³-hybridized carbons (Fsp3) is 0.778. The lowest BCUT2D eigenvalue weighted by Gasteiger charge is -2.53. The molecule has 0 spiro atoms. The van der Waals surface area contributed by atoms with E-state index in [0.29, 0.717) is 11.7 Å². The van der Waals surface area contributed by atoms with E-state index in [9.17, 15) is 10.2 Å². The first-order valence-corrected chi connectivity index (χ1v) is 8.37. The molecular formula is C18H26O2. The van der Waals surface area contributed by atoms with Gasteiger partial charge in [0.1, 0.15) is 5.76 Å². The van der Waals surface area contributed by atoms with Gasteiger partial charge in [0.15, 0.2) is 0 Å². The van der Waals surface area contributed by atoms with Gasteiger partial charge in [-0.1, -0.05) is 12.5 Å². The molecule has 6 atom stereocenters. The van der Waals surface area contributed by atoms with Crippen molar-refractivity contribution in [3.63, 3.8) is 0 Å². The number of allylic oxidation sites excluding steroid dienone is 3. The molecule has 0 amide bonds. The molecule has 1 unspecified atom stereocenters. The summed E-state index contributed by atoms with van der Waals surface area (Å²) in [6.07, 6.45) is 12.1. The Kier molecular flexibility index (Phi) is 2.82. The van der Waals surface area contributed by atoms with Crippen LogP contribution in [0.1, 0.15) is 51.9 Å². The predicted molar refractivity (Wildman–Crippen MR) is 79.2 cm³/mol. The summed E-state index contributed by atoms with van der Waals surface area (Å²) in [6.45, 7) is 2.34. The van der Waals surface area contributed by atoms with E-state index in [0.717, 1.165) is 37.0 Å². The molecule has 0 aromatic rings. The number of hydrogen-bond acceptors (Lipinski definition) is 2. The van der Waals surface area contributed by atoms with Crippen LogP contribution >= 0.6 is 0 Å². The van der Waals surface area contributed by atoms with E-state index in [2.05, 4.69) is 6.92 Å². The molecule has 2 N–H and O–H groups in total. The van der Waals surface area contributed by atoms with E-state index >= 15 is 0 Å². The second-order valence-corrected chi connectivity index (χ2v) is 7.80. The van der Waals surface area contributed by atoms with E-state index in [-0.39, 0.29) is 11.5 Å². The number of aliphatic hydroxyl groups is 2. The highest BCUT2D eigenvalue weighted by atomic mass is 16.3. The van der Waals surface area contributed by atoms with Crippen molar-refractivity contribution in [2.24, 2.45) is 29.1 Å². The van der Waals surface area contributed by atoms with Gasteiger partial charge >= 0.3 is 0 Å². The maximum Gasteiger partial charge on any atom is 0.111 e. The molecule has 4 rings (SSSR count). The second-order valence-electron chi connectivity index (χ2n) is 7.80. The zero-order valence-corrected chi connectivity index (χ0v) is 12.4. The maximum atomic E-state index is 10.4. The minimum absolute atomic E-state index is 0.0688. The van der Waals surface area contributed by atoms with E-state index < -0.39 is 0 Å². The minimum atomic E-state index is -0.0688. The molecule has 2 nitrogen and oxygen atoms in total. The zero-order valence-electron chi connectivity index (χ0n) is 12.4. The van der Waals surface area contributed by atoms with Gasteiger partial charge < -0.3 is 10.2 Å². The molecule has 0 aromatic heterocycles. The van der Waals surface area contributed by atoms with Gasteiger partial charge in [-0.05, 0) is 86.2 Å². The SMILES string of the molecule is C[C@]12CC[C@@H]3C4CC=C(O)C=C4CC[C@H]3[C@@H]1CC[C@@H]2O. The molecule has 0 heterocycles. The topological polar surface area (TPSA) is 40.5 Å². The maximum absolute atomic E-state index is 10.4. The van der Waals surface area contributed by atoms with Gasteiger partial charge in [-0.2, -0.15) is 0 Å². The first-order chi connectivity index (χ1) is 9.59. The Bertz CT molecular complexity index is 478. The van der Waals surface area contributed by atoms with Gasteiger partial charge in [-0.3, -0.25) is 0 Å². The van der Waals surface area contributed by atoms with Gasteiger partial charge in [-0.25, -0.2) is 0 Å². The fourth-order valence-electron chi connectivity index (χ4n) is 6.00. The third-order valence-corrected chi connectivity index (χ3v) is 7.12. The van der Waals surface area contributed by atoms with Crippen LogP contribution in [0.2, 0.25) is 0 Å². The molecule has 20 heavy (non-hydrogen) atoms. The zero-order chi connectivity index (χ0) is 13.9. The lowest BCUT2D eigenvalue weighted by Crippen LogP contribution is -2.47. The molecule has 4 aliphatic carbocycles. The van der Waals surface area contributed by atoms with Crippen LogP contribution in [0.25, 0.3) is 0 Å². The summed E-state index contributed by atoms with van der Waals surface area (Å²) in [5.74, 6) is 3.49. The molecule has 2 heteroatoms. The average molecular weight is 274 g/mol. The molecule has 0 aliphatic heterocycles. The summed E-state index contributed by atoms with van der Waals surface area (Å²) in [5.41, 5.74) is 1.68. The number of fused-ring (bicyclic) bond motifs is 5. The van der Waals surface area contributed by atoms with Crippen LogP contribution in [0.15, 0.2) is 23.5 Å². The minimum Gasteiger partial charge on any atom is -0.508 e. The molecule has 3 saturated carbocycles. The van der Waals surface area contributed by atoms with Crippen LogP contribution in [0, 0.1) is 29.1 Å². The third-order valence-electron chi connectivity index (χ3n) is 7.12. The lowest BCUT2D eigenvalue weighted by molar-refractivity contribution is -0.0517. The van der Waals surface area contributed by atoms with E-state index in [1.807, 2.05) is 12.2 Å². The number of hydrogen-bond donors (Lipinski definition) is 2. The molecule has 0 radical (unpaired) electrons. The molecule has 4 aliphatic rings. The van der Waals surface area contributed by atoms with Gasteiger partial charge in [0.2, 0.25) is 0 Å². The van der Waals surface area contributed by atoms with E-state index in [1.165, 1.54) is 31.3 Å². The highest BCUT2D eigenvalue weighted by molar-refractivity contribution is 5.28. The predicted octanol–water partition coefficient (Wildman–Crippen LogP) is 3.97. The van der Waals surface area contributed by atoms with Crippen LogP contribution in [0.3, 0.4) is 0 Å². The van der Waals surface area contributed by atoms with Gasteiger partial charge in [0.25, 0.3) is 0 Å². The standard InChI is InChI=1S/C18H26O2/c1-18-9-8-14-13-5-3-12(19)10-11(13)2-4-15(14)16(18)6-7-17(18)20/h3,10,13-17,19-20H,2,4-9H2,1H3/t13?,14-,15-,16+,17+,18+/m1/s1. The monoisotopic (exact) mass is 274 g/mol. The summed E-state index contributed by atoms with van der Waals surface area (Å²) in [7, 11) is 0. The fourth-order valence-corrected chi connectivity index (χ4v) is 6.00. The van der Waals surface area contributed by atoms with Crippen molar-refractivity contribution in [3.8, 4) is 0 Å². The van der Waals surface area contributed by atoms with Crippen molar-refractivity contribution in [2.75, 3.05) is 0 Å². The van der Waals surface area contributed by atoms with Gasteiger partial charge in [-0.15, -0.1) is 0 Å².